The third-order valence-corrected chi connectivity index (χ3v) is 4.03. The maximum atomic E-state index is 12.8. The van der Waals surface area contributed by atoms with E-state index in [1.807, 2.05) is 13.8 Å². The normalized spacial score (nSPS) is 18.3. The summed E-state index contributed by atoms with van der Waals surface area (Å²) in [4.78, 5) is 0. The van der Waals surface area contributed by atoms with Gasteiger partial charge in [0.1, 0.15) is 5.75 Å². The average molecular weight is 273 g/mol. The van der Waals surface area contributed by atoms with Crippen molar-refractivity contribution in [3.63, 3.8) is 0 Å². The highest BCUT2D eigenvalue weighted by Gasteiger charge is 2.55. The van der Waals surface area contributed by atoms with Crippen LogP contribution in [0.5, 0.6) is 5.75 Å². The monoisotopic (exact) mass is 273 g/mol. The lowest BCUT2D eigenvalue weighted by atomic mass is 9.78. The van der Waals surface area contributed by atoms with Gasteiger partial charge >= 0.3 is 6.18 Å². The van der Waals surface area contributed by atoms with Crippen molar-refractivity contribution in [1.82, 2.24) is 0 Å². The molecule has 1 aliphatic rings. The van der Waals surface area contributed by atoms with Gasteiger partial charge in [0.2, 0.25) is 0 Å². The predicted octanol–water partition coefficient (Wildman–Crippen LogP) is 3.48. The highest BCUT2D eigenvalue weighted by atomic mass is 19.4. The van der Waals surface area contributed by atoms with Crippen molar-refractivity contribution >= 4 is 0 Å². The first kappa shape index (κ1) is 14.2. The molecule has 1 aliphatic carbocycles. The minimum Gasteiger partial charge on any atom is -0.496 e. The molecule has 2 N–H and O–H groups in total. The fourth-order valence-electron chi connectivity index (χ4n) is 2.64. The van der Waals surface area contributed by atoms with Gasteiger partial charge in [-0.1, -0.05) is 0 Å². The first-order chi connectivity index (χ1) is 8.62. The SMILES string of the molecule is COc1ccc(C(F)(F)F)cc1C1(C(C)(C)N)CC1. The summed E-state index contributed by atoms with van der Waals surface area (Å²) in [5.74, 6) is 0.476. The fourth-order valence-corrected chi connectivity index (χ4v) is 2.64. The molecule has 0 aromatic heterocycles. The summed E-state index contributed by atoms with van der Waals surface area (Å²) in [7, 11) is 1.46. The van der Waals surface area contributed by atoms with E-state index in [-0.39, 0.29) is 0 Å². The molecule has 0 heterocycles. The van der Waals surface area contributed by atoms with Crippen LogP contribution in [0.15, 0.2) is 18.2 Å². The second-order valence-electron chi connectivity index (χ2n) is 5.72. The van der Waals surface area contributed by atoms with Gasteiger partial charge in [0, 0.05) is 16.5 Å². The maximum Gasteiger partial charge on any atom is 0.416 e. The van der Waals surface area contributed by atoms with E-state index in [1.165, 1.54) is 19.2 Å². The number of methoxy groups -OCH3 is 1. The van der Waals surface area contributed by atoms with Crippen LogP contribution in [-0.2, 0) is 11.6 Å². The van der Waals surface area contributed by atoms with E-state index < -0.39 is 22.7 Å². The topological polar surface area (TPSA) is 35.2 Å². The first-order valence-electron chi connectivity index (χ1n) is 6.16. The number of alkyl halides is 3. The van der Waals surface area contributed by atoms with Crippen LogP contribution in [0, 0.1) is 0 Å². The quantitative estimate of drug-likeness (QED) is 0.915. The molecular formula is C14H18F3NO. The van der Waals surface area contributed by atoms with E-state index in [1.54, 1.807) is 0 Å². The Hall–Kier alpha value is -1.23. The second kappa shape index (κ2) is 4.13. The Morgan fingerprint density at radius 2 is 1.79 bits per heavy atom. The van der Waals surface area contributed by atoms with Crippen molar-refractivity contribution in [3.8, 4) is 5.75 Å². The van der Waals surface area contributed by atoms with Crippen LogP contribution in [0.25, 0.3) is 0 Å². The zero-order chi connectivity index (χ0) is 14.5. The smallest absolute Gasteiger partial charge is 0.416 e. The molecule has 0 aliphatic heterocycles. The molecule has 0 amide bonds. The molecule has 2 rings (SSSR count). The summed E-state index contributed by atoms with van der Waals surface area (Å²) >= 11 is 0. The number of hydrogen-bond acceptors (Lipinski definition) is 2. The molecular weight excluding hydrogens is 255 g/mol. The van der Waals surface area contributed by atoms with Crippen LogP contribution in [-0.4, -0.2) is 12.6 Å². The average Bonchev–Trinajstić information content (AvgIpc) is 3.07. The zero-order valence-corrected chi connectivity index (χ0v) is 11.3. The molecule has 0 bridgehead atoms. The minimum absolute atomic E-state index is 0.417. The molecule has 19 heavy (non-hydrogen) atoms. The number of hydrogen-bond donors (Lipinski definition) is 1. The molecule has 1 fully saturated rings. The van der Waals surface area contributed by atoms with E-state index >= 15 is 0 Å². The first-order valence-corrected chi connectivity index (χ1v) is 6.16. The van der Waals surface area contributed by atoms with Crippen LogP contribution in [0.4, 0.5) is 13.2 Å². The van der Waals surface area contributed by atoms with Crippen molar-refractivity contribution < 1.29 is 17.9 Å². The Bertz CT molecular complexity index is 484. The Morgan fingerprint density at radius 1 is 1.21 bits per heavy atom. The summed E-state index contributed by atoms with van der Waals surface area (Å²) in [6, 6.07) is 3.60. The summed E-state index contributed by atoms with van der Waals surface area (Å²) in [5.41, 5.74) is 5.07. The van der Waals surface area contributed by atoms with Crippen LogP contribution in [0.3, 0.4) is 0 Å². The van der Waals surface area contributed by atoms with Gasteiger partial charge in [0.15, 0.2) is 0 Å². The van der Waals surface area contributed by atoms with Gasteiger partial charge in [-0.15, -0.1) is 0 Å². The lowest BCUT2D eigenvalue weighted by Crippen LogP contribution is -2.45. The lowest BCUT2D eigenvalue weighted by Gasteiger charge is -2.32. The molecule has 106 valence electrons. The second-order valence-corrected chi connectivity index (χ2v) is 5.72. The third-order valence-electron chi connectivity index (χ3n) is 4.03. The largest absolute Gasteiger partial charge is 0.496 e. The standard InChI is InChI=1S/C14H18F3NO/c1-12(2,18)13(6-7-13)10-8-9(14(15,16)17)4-5-11(10)19-3/h4-5,8H,6-7,18H2,1-3H3. The van der Waals surface area contributed by atoms with Gasteiger partial charge in [-0.05, 0) is 44.9 Å². The summed E-state index contributed by atoms with van der Waals surface area (Å²) in [5, 5.41) is 0. The fraction of sp³-hybridized carbons (Fsp3) is 0.571. The third kappa shape index (κ3) is 2.31. The molecule has 1 aromatic carbocycles. The summed E-state index contributed by atoms with van der Waals surface area (Å²) < 4.78 is 43.7. The molecule has 1 saturated carbocycles. The highest BCUT2D eigenvalue weighted by molar-refractivity contribution is 5.48. The van der Waals surface area contributed by atoms with Gasteiger partial charge in [-0.2, -0.15) is 13.2 Å². The van der Waals surface area contributed by atoms with E-state index in [0.29, 0.717) is 11.3 Å². The Balaban J connectivity index is 2.56. The van der Waals surface area contributed by atoms with Gasteiger partial charge in [0.05, 0.1) is 12.7 Å². The number of nitrogens with two attached hydrogens (primary N) is 1. The summed E-state index contributed by atoms with van der Waals surface area (Å²) in [6.45, 7) is 3.69. The van der Waals surface area contributed by atoms with Crippen molar-refractivity contribution in [2.75, 3.05) is 7.11 Å². The number of benzene rings is 1. The summed E-state index contributed by atoms with van der Waals surface area (Å²) in [6.07, 6.45) is -2.78. The van der Waals surface area contributed by atoms with Crippen molar-refractivity contribution in [1.29, 1.82) is 0 Å². The molecule has 0 radical (unpaired) electrons. The Kier molecular flexibility index (Phi) is 3.08. The maximum absolute atomic E-state index is 12.8. The van der Waals surface area contributed by atoms with Crippen LogP contribution < -0.4 is 10.5 Å². The molecule has 0 unspecified atom stereocenters. The number of ether oxygens (including phenoxy) is 1. The molecule has 2 nitrogen and oxygen atoms in total. The Morgan fingerprint density at radius 3 is 2.16 bits per heavy atom. The predicted molar refractivity (Wildman–Crippen MR) is 67.2 cm³/mol. The van der Waals surface area contributed by atoms with E-state index in [0.717, 1.165) is 18.9 Å². The lowest BCUT2D eigenvalue weighted by molar-refractivity contribution is -0.137. The van der Waals surface area contributed by atoms with Crippen LogP contribution in [0.1, 0.15) is 37.8 Å². The zero-order valence-electron chi connectivity index (χ0n) is 11.3. The van der Waals surface area contributed by atoms with E-state index in [9.17, 15) is 13.2 Å². The molecule has 1 aromatic rings. The Labute approximate surface area is 110 Å². The van der Waals surface area contributed by atoms with Gasteiger partial charge in [-0.3, -0.25) is 0 Å². The number of rotatable bonds is 3. The van der Waals surface area contributed by atoms with Gasteiger partial charge < -0.3 is 10.5 Å². The number of halogens is 3. The van der Waals surface area contributed by atoms with Crippen molar-refractivity contribution in [3.05, 3.63) is 29.3 Å². The van der Waals surface area contributed by atoms with E-state index in [2.05, 4.69) is 0 Å². The van der Waals surface area contributed by atoms with E-state index in [4.69, 9.17) is 10.5 Å². The minimum atomic E-state index is -4.35. The van der Waals surface area contributed by atoms with Crippen molar-refractivity contribution in [2.24, 2.45) is 5.73 Å². The van der Waals surface area contributed by atoms with Crippen LogP contribution in [0.2, 0.25) is 0 Å². The molecule has 0 atom stereocenters. The molecule has 5 heteroatoms. The van der Waals surface area contributed by atoms with Gasteiger partial charge in [-0.25, -0.2) is 0 Å². The van der Waals surface area contributed by atoms with Crippen LogP contribution >= 0.6 is 0 Å². The van der Waals surface area contributed by atoms with Gasteiger partial charge in [0.25, 0.3) is 0 Å². The van der Waals surface area contributed by atoms with Crippen molar-refractivity contribution in [2.45, 2.75) is 43.8 Å². The molecule has 0 saturated heterocycles. The highest BCUT2D eigenvalue weighted by Crippen LogP contribution is 2.57. The molecule has 0 spiro atoms.